The quantitative estimate of drug-likeness (QED) is 0.807. The maximum atomic E-state index is 10.4. The molecule has 0 aliphatic carbocycles. The molecular weight excluding hydrogens is 252 g/mol. The van der Waals surface area contributed by atoms with E-state index in [1.54, 1.807) is 0 Å². The molecule has 1 aromatic rings. The van der Waals surface area contributed by atoms with Crippen molar-refractivity contribution in [1.82, 2.24) is 0 Å². The van der Waals surface area contributed by atoms with Crippen molar-refractivity contribution in [3.05, 3.63) is 23.8 Å². The molecule has 0 radical (unpaired) electrons. The Morgan fingerprint density at radius 3 is 2.05 bits per heavy atom. The summed E-state index contributed by atoms with van der Waals surface area (Å²) in [5.41, 5.74) is 0.667. The number of hydrogen-bond acceptors (Lipinski definition) is 3. The molecule has 0 aliphatic rings. The lowest BCUT2D eigenvalue weighted by molar-refractivity contribution is 0.0623. The molecule has 0 fully saturated rings. The average molecular weight is 280 g/mol. The summed E-state index contributed by atoms with van der Waals surface area (Å²) in [6, 6.07) is 5.71. The van der Waals surface area contributed by atoms with Gasteiger partial charge in [0.1, 0.15) is 0 Å². The number of aliphatic hydroxyl groups excluding tert-OH is 1. The minimum Gasteiger partial charge on any atom is -0.490 e. The smallest absolute Gasteiger partial charge is 0.161 e. The monoisotopic (exact) mass is 280 g/mol. The summed E-state index contributed by atoms with van der Waals surface area (Å²) in [4.78, 5) is 0. The Labute approximate surface area is 122 Å². The molecule has 1 unspecified atom stereocenters. The molecule has 0 amide bonds. The number of hydrogen-bond donors (Lipinski definition) is 1. The van der Waals surface area contributed by atoms with Crippen LogP contribution in [0.25, 0.3) is 0 Å². The van der Waals surface area contributed by atoms with E-state index in [0.717, 1.165) is 29.9 Å². The summed E-state index contributed by atoms with van der Waals surface area (Å²) in [6.07, 6.45) is 1.38. The Bertz CT molecular complexity index is 407. The van der Waals surface area contributed by atoms with Crippen LogP contribution in [0.3, 0.4) is 0 Å². The highest BCUT2D eigenvalue weighted by Crippen LogP contribution is 2.37. The molecular formula is C17H28O3. The second kappa shape index (κ2) is 7.53. The van der Waals surface area contributed by atoms with Gasteiger partial charge in [-0.3, -0.25) is 0 Å². The zero-order chi connectivity index (χ0) is 15.2. The summed E-state index contributed by atoms with van der Waals surface area (Å²) in [5, 5.41) is 10.4. The van der Waals surface area contributed by atoms with Crippen LogP contribution >= 0.6 is 0 Å². The van der Waals surface area contributed by atoms with E-state index in [9.17, 15) is 5.11 Å². The van der Waals surface area contributed by atoms with Crippen LogP contribution in [0, 0.1) is 5.41 Å². The van der Waals surface area contributed by atoms with Gasteiger partial charge in [0.25, 0.3) is 0 Å². The molecule has 0 spiro atoms. The van der Waals surface area contributed by atoms with Gasteiger partial charge in [0.05, 0.1) is 19.3 Å². The number of ether oxygens (including phenoxy) is 2. The first-order chi connectivity index (χ1) is 9.40. The SMILES string of the molecule is CCCOc1ccc(C(O)C(C)(C)C)cc1OCCC. The van der Waals surface area contributed by atoms with Gasteiger partial charge >= 0.3 is 0 Å². The first kappa shape index (κ1) is 16.8. The van der Waals surface area contributed by atoms with Crippen LogP contribution in [0.4, 0.5) is 0 Å². The molecule has 1 atom stereocenters. The Morgan fingerprint density at radius 2 is 1.55 bits per heavy atom. The van der Waals surface area contributed by atoms with Crippen LogP contribution in [0.1, 0.15) is 59.1 Å². The van der Waals surface area contributed by atoms with Gasteiger partial charge in [-0.1, -0.05) is 40.7 Å². The van der Waals surface area contributed by atoms with Crippen LogP contribution in [-0.4, -0.2) is 18.3 Å². The third-order valence-electron chi connectivity index (χ3n) is 3.03. The van der Waals surface area contributed by atoms with Crippen molar-refractivity contribution in [1.29, 1.82) is 0 Å². The van der Waals surface area contributed by atoms with Crippen molar-refractivity contribution < 1.29 is 14.6 Å². The van der Waals surface area contributed by atoms with Crippen LogP contribution in [0.5, 0.6) is 11.5 Å². The Hall–Kier alpha value is -1.22. The van der Waals surface area contributed by atoms with Crippen molar-refractivity contribution in [2.75, 3.05) is 13.2 Å². The Balaban J connectivity index is 3.00. The second-order valence-electron chi connectivity index (χ2n) is 6.17. The summed E-state index contributed by atoms with van der Waals surface area (Å²) in [7, 11) is 0. The third-order valence-corrected chi connectivity index (χ3v) is 3.03. The zero-order valence-corrected chi connectivity index (χ0v) is 13.4. The van der Waals surface area contributed by atoms with Crippen LogP contribution in [-0.2, 0) is 0 Å². The molecule has 0 saturated carbocycles. The molecule has 0 aromatic heterocycles. The molecule has 1 aromatic carbocycles. The van der Waals surface area contributed by atoms with E-state index in [4.69, 9.17) is 9.47 Å². The molecule has 114 valence electrons. The van der Waals surface area contributed by atoms with E-state index in [-0.39, 0.29) is 5.41 Å². The van der Waals surface area contributed by atoms with Gasteiger partial charge in [-0.2, -0.15) is 0 Å². The van der Waals surface area contributed by atoms with E-state index >= 15 is 0 Å². The van der Waals surface area contributed by atoms with E-state index in [2.05, 4.69) is 13.8 Å². The van der Waals surface area contributed by atoms with Gasteiger partial charge in [0, 0.05) is 0 Å². The minimum atomic E-state index is -0.522. The molecule has 0 heterocycles. The number of benzene rings is 1. The highest BCUT2D eigenvalue weighted by molar-refractivity contribution is 5.44. The standard InChI is InChI=1S/C17H28O3/c1-6-10-19-14-9-8-13(16(18)17(3,4)5)12-15(14)20-11-7-2/h8-9,12,16,18H,6-7,10-11H2,1-5H3. The van der Waals surface area contributed by atoms with E-state index < -0.39 is 6.10 Å². The number of aliphatic hydroxyl groups is 1. The van der Waals surface area contributed by atoms with E-state index in [1.807, 2.05) is 39.0 Å². The third kappa shape index (κ3) is 4.71. The van der Waals surface area contributed by atoms with Gasteiger partial charge in [0.15, 0.2) is 11.5 Å². The largest absolute Gasteiger partial charge is 0.490 e. The lowest BCUT2D eigenvalue weighted by Crippen LogP contribution is -2.18. The summed E-state index contributed by atoms with van der Waals surface area (Å²) in [5.74, 6) is 1.48. The minimum absolute atomic E-state index is 0.201. The van der Waals surface area contributed by atoms with Gasteiger partial charge in [0.2, 0.25) is 0 Å². The van der Waals surface area contributed by atoms with Crippen molar-refractivity contribution >= 4 is 0 Å². The second-order valence-corrected chi connectivity index (χ2v) is 6.17. The van der Waals surface area contributed by atoms with Gasteiger partial charge < -0.3 is 14.6 Å². The summed E-state index contributed by atoms with van der Waals surface area (Å²) < 4.78 is 11.4. The maximum Gasteiger partial charge on any atom is 0.161 e. The van der Waals surface area contributed by atoms with E-state index in [0.29, 0.717) is 13.2 Å². The lowest BCUT2D eigenvalue weighted by atomic mass is 9.85. The zero-order valence-electron chi connectivity index (χ0n) is 13.4. The summed E-state index contributed by atoms with van der Waals surface area (Å²) in [6.45, 7) is 11.5. The lowest BCUT2D eigenvalue weighted by Gasteiger charge is -2.26. The summed E-state index contributed by atoms with van der Waals surface area (Å²) >= 11 is 0. The van der Waals surface area contributed by atoms with Gasteiger partial charge in [-0.25, -0.2) is 0 Å². The van der Waals surface area contributed by atoms with Crippen LogP contribution < -0.4 is 9.47 Å². The van der Waals surface area contributed by atoms with E-state index in [1.165, 1.54) is 0 Å². The maximum absolute atomic E-state index is 10.4. The van der Waals surface area contributed by atoms with Crippen molar-refractivity contribution in [3.8, 4) is 11.5 Å². The van der Waals surface area contributed by atoms with Crippen molar-refractivity contribution in [2.24, 2.45) is 5.41 Å². The fourth-order valence-corrected chi connectivity index (χ4v) is 1.85. The van der Waals surface area contributed by atoms with Crippen molar-refractivity contribution in [3.63, 3.8) is 0 Å². The first-order valence-corrected chi connectivity index (χ1v) is 7.47. The molecule has 20 heavy (non-hydrogen) atoms. The molecule has 0 aliphatic heterocycles. The Morgan fingerprint density at radius 1 is 1.00 bits per heavy atom. The average Bonchev–Trinajstić information content (AvgIpc) is 2.41. The normalized spacial score (nSPS) is 13.1. The van der Waals surface area contributed by atoms with Crippen LogP contribution in [0.2, 0.25) is 0 Å². The number of rotatable bonds is 7. The predicted octanol–water partition coefficient (Wildman–Crippen LogP) is 4.34. The molecule has 3 heteroatoms. The first-order valence-electron chi connectivity index (χ1n) is 7.47. The molecule has 0 bridgehead atoms. The molecule has 3 nitrogen and oxygen atoms in total. The highest BCUT2D eigenvalue weighted by Gasteiger charge is 2.24. The molecule has 1 N–H and O–H groups in total. The van der Waals surface area contributed by atoms with Gasteiger partial charge in [-0.05, 0) is 36.0 Å². The molecule has 1 rings (SSSR count). The predicted molar refractivity (Wildman–Crippen MR) is 82.4 cm³/mol. The van der Waals surface area contributed by atoms with Gasteiger partial charge in [-0.15, -0.1) is 0 Å². The van der Waals surface area contributed by atoms with Crippen LogP contribution in [0.15, 0.2) is 18.2 Å². The Kier molecular flexibility index (Phi) is 6.34. The van der Waals surface area contributed by atoms with Crippen molar-refractivity contribution in [2.45, 2.75) is 53.6 Å². The topological polar surface area (TPSA) is 38.7 Å². The molecule has 0 saturated heterocycles. The fourth-order valence-electron chi connectivity index (χ4n) is 1.85. The fraction of sp³-hybridized carbons (Fsp3) is 0.647. The highest BCUT2D eigenvalue weighted by atomic mass is 16.5.